The zero-order valence-corrected chi connectivity index (χ0v) is 15.3. The number of esters is 1. The van der Waals surface area contributed by atoms with Crippen LogP contribution in [0.5, 0.6) is 0 Å². The zero-order chi connectivity index (χ0) is 19.7. The number of amides is 1. The molecule has 0 saturated heterocycles. The van der Waals surface area contributed by atoms with Gasteiger partial charge < -0.3 is 14.6 Å². The van der Waals surface area contributed by atoms with Crippen LogP contribution in [0.15, 0.2) is 53.3 Å². The highest BCUT2D eigenvalue weighted by Crippen LogP contribution is 2.22. The fourth-order valence-electron chi connectivity index (χ4n) is 3.41. The van der Waals surface area contributed by atoms with Gasteiger partial charge in [-0.15, -0.1) is 0 Å². The summed E-state index contributed by atoms with van der Waals surface area (Å²) in [5.74, 6) is -0.406. The van der Waals surface area contributed by atoms with Crippen LogP contribution in [0, 0.1) is 0 Å². The van der Waals surface area contributed by atoms with Crippen molar-refractivity contribution < 1.29 is 14.3 Å². The Hall–Kier alpha value is -3.48. The third-order valence-corrected chi connectivity index (χ3v) is 4.86. The molecule has 142 valence electrons. The largest absolute Gasteiger partial charge is 0.448 e. The molecule has 0 fully saturated rings. The highest BCUT2D eigenvalue weighted by molar-refractivity contribution is 5.95. The van der Waals surface area contributed by atoms with Crippen molar-refractivity contribution in [3.05, 3.63) is 75.8 Å². The number of fused-ring (bicyclic) bond motifs is 2. The van der Waals surface area contributed by atoms with Gasteiger partial charge in [-0.05, 0) is 30.7 Å². The third kappa shape index (κ3) is 3.26. The molecule has 1 atom stereocenters. The number of H-pyrrole nitrogens is 1. The normalized spacial score (nSPS) is 15.8. The second-order valence-corrected chi connectivity index (χ2v) is 6.64. The molecule has 4 rings (SSSR count). The van der Waals surface area contributed by atoms with Gasteiger partial charge in [0.2, 0.25) is 0 Å². The number of nitrogens with zero attached hydrogens (tertiary/aromatic N) is 2. The smallest absolute Gasteiger partial charge is 0.339 e. The summed E-state index contributed by atoms with van der Waals surface area (Å²) in [5.41, 5.74) is 1.62. The van der Waals surface area contributed by atoms with E-state index in [1.807, 2.05) is 19.1 Å². The number of ether oxygens (including phenoxy) is 1. The number of likely N-dealkylation sites (N-methyl/N-ethyl adjacent to an activating group) is 1. The summed E-state index contributed by atoms with van der Waals surface area (Å²) in [7, 11) is 0. The summed E-state index contributed by atoms with van der Waals surface area (Å²) in [4.78, 5) is 46.1. The Morgan fingerprint density at radius 2 is 1.93 bits per heavy atom. The number of carbonyl (C=O) groups excluding carboxylic acids is 2. The predicted octanol–water partition coefficient (Wildman–Crippen LogP) is 2.05. The number of benzene rings is 2. The predicted molar refractivity (Wildman–Crippen MR) is 103 cm³/mol. The molecule has 7 heteroatoms. The van der Waals surface area contributed by atoms with Crippen LogP contribution in [0.3, 0.4) is 0 Å². The molecular weight excluding hydrogens is 358 g/mol. The lowest BCUT2D eigenvalue weighted by molar-refractivity contribution is -0.141. The van der Waals surface area contributed by atoms with Gasteiger partial charge in [0, 0.05) is 13.0 Å². The number of aromatic nitrogens is 2. The number of para-hydroxylation sites is 1. The first-order valence-electron chi connectivity index (χ1n) is 9.12. The molecular formula is C21H19N3O4. The van der Waals surface area contributed by atoms with Crippen molar-refractivity contribution in [3.63, 3.8) is 0 Å². The van der Waals surface area contributed by atoms with E-state index in [9.17, 15) is 14.4 Å². The van der Waals surface area contributed by atoms with E-state index < -0.39 is 12.1 Å². The maximum atomic E-state index is 13.0. The number of hydrogen-bond donors (Lipinski definition) is 1. The molecule has 1 amide bonds. The molecule has 3 aromatic rings. The molecule has 1 aromatic heterocycles. The van der Waals surface area contributed by atoms with Crippen LogP contribution in [-0.2, 0) is 22.5 Å². The Bertz CT molecular complexity index is 1120. The van der Waals surface area contributed by atoms with Crippen LogP contribution in [0.25, 0.3) is 10.9 Å². The topological polar surface area (TPSA) is 92.4 Å². The molecule has 0 saturated carbocycles. The third-order valence-electron chi connectivity index (χ3n) is 4.86. The Balaban J connectivity index is 1.57. The fourth-order valence-corrected chi connectivity index (χ4v) is 3.41. The number of cyclic esters (lactones) is 1. The van der Waals surface area contributed by atoms with Crippen LogP contribution >= 0.6 is 0 Å². The van der Waals surface area contributed by atoms with Crippen LogP contribution in [0.2, 0.25) is 0 Å². The van der Waals surface area contributed by atoms with Gasteiger partial charge in [-0.25, -0.2) is 9.78 Å². The first kappa shape index (κ1) is 17.9. The minimum atomic E-state index is -0.880. The summed E-state index contributed by atoms with van der Waals surface area (Å²) < 4.78 is 5.37. The van der Waals surface area contributed by atoms with Crippen LogP contribution in [0.1, 0.15) is 28.7 Å². The molecule has 1 aliphatic rings. The number of carbonyl (C=O) groups is 2. The van der Waals surface area contributed by atoms with Gasteiger partial charge in [0.25, 0.3) is 11.5 Å². The van der Waals surface area contributed by atoms with Gasteiger partial charge in [-0.1, -0.05) is 30.3 Å². The minimum Gasteiger partial charge on any atom is -0.448 e. The van der Waals surface area contributed by atoms with Gasteiger partial charge in [-0.2, -0.15) is 0 Å². The van der Waals surface area contributed by atoms with Gasteiger partial charge in [-0.3, -0.25) is 9.59 Å². The molecule has 1 N–H and O–H groups in total. The molecule has 0 bridgehead atoms. The number of aromatic amines is 1. The lowest BCUT2D eigenvalue weighted by Gasteiger charge is -2.29. The lowest BCUT2D eigenvalue weighted by Crippen LogP contribution is -2.44. The van der Waals surface area contributed by atoms with Crippen molar-refractivity contribution in [3.8, 4) is 0 Å². The molecule has 0 aliphatic carbocycles. The summed E-state index contributed by atoms with van der Waals surface area (Å²) in [6.45, 7) is 2.35. The van der Waals surface area contributed by atoms with Crippen LogP contribution < -0.4 is 5.56 Å². The van der Waals surface area contributed by atoms with E-state index in [0.29, 0.717) is 35.3 Å². The molecule has 0 radical (unpaired) electrons. The zero-order valence-electron chi connectivity index (χ0n) is 15.3. The van der Waals surface area contributed by atoms with E-state index in [0.717, 1.165) is 5.56 Å². The number of hydrogen-bond acceptors (Lipinski definition) is 5. The minimum absolute atomic E-state index is 0.130. The number of nitrogens with one attached hydrogen (secondary N) is 1. The SMILES string of the molecule is CCN(Cc1nc2ccccc2c(=O)[nH]1)C(=O)C1Cc2ccccc2C(=O)O1. The lowest BCUT2D eigenvalue weighted by atomic mass is 9.98. The summed E-state index contributed by atoms with van der Waals surface area (Å²) in [6, 6.07) is 14.2. The van der Waals surface area contributed by atoms with Crippen LogP contribution in [-0.4, -0.2) is 39.4 Å². The van der Waals surface area contributed by atoms with E-state index in [1.54, 1.807) is 36.4 Å². The Labute approximate surface area is 161 Å². The van der Waals surface area contributed by atoms with Crippen LogP contribution in [0.4, 0.5) is 0 Å². The molecule has 2 aromatic carbocycles. The molecule has 2 heterocycles. The van der Waals surface area contributed by atoms with E-state index in [2.05, 4.69) is 9.97 Å². The maximum Gasteiger partial charge on any atom is 0.339 e. The number of rotatable bonds is 4. The summed E-state index contributed by atoms with van der Waals surface area (Å²) >= 11 is 0. The van der Waals surface area contributed by atoms with Crippen molar-refractivity contribution in [1.29, 1.82) is 0 Å². The van der Waals surface area contributed by atoms with Crippen molar-refractivity contribution in [1.82, 2.24) is 14.9 Å². The summed E-state index contributed by atoms with van der Waals surface area (Å²) in [6.07, 6.45) is -0.548. The maximum absolute atomic E-state index is 13.0. The fraction of sp³-hybridized carbons (Fsp3) is 0.238. The summed E-state index contributed by atoms with van der Waals surface area (Å²) in [5, 5.41) is 0.499. The van der Waals surface area contributed by atoms with Crippen molar-refractivity contribution >= 4 is 22.8 Å². The molecule has 1 aliphatic heterocycles. The quantitative estimate of drug-likeness (QED) is 0.703. The van der Waals surface area contributed by atoms with Crippen molar-refractivity contribution in [2.45, 2.75) is 26.0 Å². The van der Waals surface area contributed by atoms with Gasteiger partial charge in [0.15, 0.2) is 6.10 Å². The Morgan fingerprint density at radius 3 is 2.75 bits per heavy atom. The van der Waals surface area contributed by atoms with Gasteiger partial charge >= 0.3 is 5.97 Å². The van der Waals surface area contributed by atoms with Gasteiger partial charge in [0.1, 0.15) is 5.82 Å². The first-order chi connectivity index (χ1) is 13.6. The highest BCUT2D eigenvalue weighted by atomic mass is 16.5. The Morgan fingerprint density at radius 1 is 1.18 bits per heavy atom. The van der Waals surface area contributed by atoms with E-state index in [1.165, 1.54) is 4.90 Å². The standard InChI is InChI=1S/C21H19N3O4/c1-2-24(12-18-22-16-10-6-5-9-15(16)19(25)23-18)20(26)17-11-13-7-3-4-8-14(13)21(27)28-17/h3-10,17H,2,11-12H2,1H3,(H,22,23,25). The Kier molecular flexibility index (Phi) is 4.65. The second-order valence-electron chi connectivity index (χ2n) is 6.64. The monoisotopic (exact) mass is 377 g/mol. The van der Waals surface area contributed by atoms with E-state index >= 15 is 0 Å². The average molecular weight is 377 g/mol. The van der Waals surface area contributed by atoms with Gasteiger partial charge in [0.05, 0.1) is 23.0 Å². The van der Waals surface area contributed by atoms with E-state index in [-0.39, 0.29) is 18.0 Å². The molecule has 28 heavy (non-hydrogen) atoms. The van der Waals surface area contributed by atoms with Crippen molar-refractivity contribution in [2.75, 3.05) is 6.54 Å². The average Bonchev–Trinajstić information content (AvgIpc) is 2.71. The molecule has 7 nitrogen and oxygen atoms in total. The van der Waals surface area contributed by atoms with E-state index in [4.69, 9.17) is 4.74 Å². The van der Waals surface area contributed by atoms with Crippen molar-refractivity contribution in [2.24, 2.45) is 0 Å². The molecule has 1 unspecified atom stereocenters. The second kappa shape index (κ2) is 7.26. The first-order valence-corrected chi connectivity index (χ1v) is 9.12. The molecule has 0 spiro atoms. The highest BCUT2D eigenvalue weighted by Gasteiger charge is 2.33.